The van der Waals surface area contributed by atoms with Crippen LogP contribution in [0.3, 0.4) is 0 Å². The van der Waals surface area contributed by atoms with E-state index in [4.69, 9.17) is 5.11 Å². The van der Waals surface area contributed by atoms with Gasteiger partial charge in [0.25, 0.3) is 0 Å². The first kappa shape index (κ1) is 12.7. The fourth-order valence-electron chi connectivity index (χ4n) is 2.35. The fraction of sp³-hybridized carbons (Fsp3) is 0.462. The van der Waals surface area contributed by atoms with Crippen LogP contribution in [-0.4, -0.2) is 34.4 Å². The first-order valence-electron chi connectivity index (χ1n) is 6.07. The molecule has 5 heteroatoms. The number of aromatic hydroxyl groups is 2. The molecule has 1 heterocycles. The van der Waals surface area contributed by atoms with Crippen molar-refractivity contribution in [1.82, 2.24) is 5.32 Å². The fourth-order valence-corrected chi connectivity index (χ4v) is 2.35. The van der Waals surface area contributed by atoms with Gasteiger partial charge in [0.2, 0.25) is 0 Å². The van der Waals surface area contributed by atoms with Crippen molar-refractivity contribution in [2.45, 2.75) is 19.3 Å². The third kappa shape index (κ3) is 2.73. The van der Waals surface area contributed by atoms with E-state index in [2.05, 4.69) is 5.32 Å². The Morgan fingerprint density at radius 2 is 1.89 bits per heavy atom. The van der Waals surface area contributed by atoms with Gasteiger partial charge in [0.15, 0.2) is 0 Å². The number of phenolic OH excluding ortho intramolecular Hbond substituents is 1. The summed E-state index contributed by atoms with van der Waals surface area (Å²) in [5, 5.41) is 31.4. The molecule has 1 fully saturated rings. The molecule has 0 spiro atoms. The van der Waals surface area contributed by atoms with Gasteiger partial charge in [-0.25, -0.2) is 4.79 Å². The van der Waals surface area contributed by atoms with E-state index in [0.717, 1.165) is 32.0 Å². The van der Waals surface area contributed by atoms with Crippen molar-refractivity contribution in [3.05, 3.63) is 23.3 Å². The molecule has 0 unspecified atom stereocenters. The molecule has 1 aliphatic rings. The number of carbonyl (C=O) groups is 1. The molecule has 0 aromatic heterocycles. The summed E-state index contributed by atoms with van der Waals surface area (Å²) in [5.41, 5.74) is 0.439. The Kier molecular flexibility index (Phi) is 3.72. The van der Waals surface area contributed by atoms with Crippen molar-refractivity contribution < 1.29 is 20.1 Å². The predicted molar refractivity (Wildman–Crippen MR) is 66.0 cm³/mol. The topological polar surface area (TPSA) is 89.8 Å². The highest BCUT2D eigenvalue weighted by atomic mass is 16.4. The molecule has 1 aliphatic heterocycles. The van der Waals surface area contributed by atoms with E-state index in [0.29, 0.717) is 17.9 Å². The molecule has 1 saturated heterocycles. The lowest BCUT2D eigenvalue weighted by Crippen LogP contribution is -2.28. The van der Waals surface area contributed by atoms with Crippen LogP contribution in [0.5, 0.6) is 11.5 Å². The SMILES string of the molecule is O=C(O)c1cc(CC2CCNCC2)c(O)cc1O. The number of phenols is 2. The average molecular weight is 251 g/mol. The number of hydrogen-bond acceptors (Lipinski definition) is 4. The molecule has 0 radical (unpaired) electrons. The first-order valence-corrected chi connectivity index (χ1v) is 6.07. The third-order valence-corrected chi connectivity index (χ3v) is 3.39. The van der Waals surface area contributed by atoms with Gasteiger partial charge in [0, 0.05) is 6.07 Å². The van der Waals surface area contributed by atoms with Gasteiger partial charge in [0.1, 0.15) is 17.1 Å². The minimum atomic E-state index is -1.18. The number of benzene rings is 1. The van der Waals surface area contributed by atoms with E-state index in [1.807, 2.05) is 0 Å². The Balaban J connectivity index is 2.21. The van der Waals surface area contributed by atoms with E-state index in [9.17, 15) is 15.0 Å². The van der Waals surface area contributed by atoms with Crippen molar-refractivity contribution in [1.29, 1.82) is 0 Å². The smallest absolute Gasteiger partial charge is 0.339 e. The summed E-state index contributed by atoms with van der Waals surface area (Å²) in [6.45, 7) is 1.91. The molecule has 98 valence electrons. The number of hydrogen-bond donors (Lipinski definition) is 4. The summed E-state index contributed by atoms with van der Waals surface area (Å²) in [4.78, 5) is 10.9. The summed E-state index contributed by atoms with van der Waals surface area (Å²) < 4.78 is 0. The predicted octanol–water partition coefficient (Wildman–Crippen LogP) is 1.34. The van der Waals surface area contributed by atoms with Crippen LogP contribution in [0, 0.1) is 5.92 Å². The quantitative estimate of drug-likeness (QED) is 0.651. The first-order chi connectivity index (χ1) is 8.58. The lowest BCUT2D eigenvalue weighted by Gasteiger charge is -2.23. The normalized spacial score (nSPS) is 16.7. The summed E-state index contributed by atoms with van der Waals surface area (Å²) in [6.07, 6.45) is 2.68. The zero-order valence-corrected chi connectivity index (χ0v) is 10.0. The molecule has 0 amide bonds. The van der Waals surface area contributed by atoms with Crippen LogP contribution < -0.4 is 5.32 Å². The van der Waals surface area contributed by atoms with Crippen LogP contribution in [0.1, 0.15) is 28.8 Å². The van der Waals surface area contributed by atoms with Crippen LogP contribution in [-0.2, 0) is 6.42 Å². The minimum absolute atomic E-state index is 0.0315. The van der Waals surface area contributed by atoms with Gasteiger partial charge in [-0.2, -0.15) is 0 Å². The van der Waals surface area contributed by atoms with Crippen LogP contribution in [0.25, 0.3) is 0 Å². The van der Waals surface area contributed by atoms with Crippen molar-refractivity contribution in [3.63, 3.8) is 0 Å². The van der Waals surface area contributed by atoms with E-state index in [1.54, 1.807) is 0 Å². The van der Waals surface area contributed by atoms with Crippen molar-refractivity contribution >= 4 is 5.97 Å². The molecule has 4 N–H and O–H groups in total. The van der Waals surface area contributed by atoms with Crippen LogP contribution >= 0.6 is 0 Å². The van der Waals surface area contributed by atoms with Gasteiger partial charge in [-0.05, 0) is 49.9 Å². The summed E-state index contributed by atoms with van der Waals surface area (Å²) >= 11 is 0. The molecule has 0 aliphatic carbocycles. The standard InChI is InChI=1S/C13H17NO4/c15-11-7-12(16)10(13(17)18)6-9(11)5-8-1-3-14-4-2-8/h6-8,14-16H,1-5H2,(H,17,18). The highest BCUT2D eigenvalue weighted by Gasteiger charge is 2.18. The number of carboxylic acid groups (broad SMARTS) is 1. The molecule has 1 aromatic rings. The second kappa shape index (κ2) is 5.27. The minimum Gasteiger partial charge on any atom is -0.508 e. The Hall–Kier alpha value is -1.75. The van der Waals surface area contributed by atoms with Crippen LogP contribution in [0.2, 0.25) is 0 Å². The molecule has 0 atom stereocenters. The summed E-state index contributed by atoms with van der Waals surface area (Å²) in [5.74, 6) is -1.16. The number of nitrogens with one attached hydrogen (secondary N) is 1. The van der Waals surface area contributed by atoms with Crippen molar-refractivity contribution in [2.75, 3.05) is 13.1 Å². The molecule has 5 nitrogen and oxygen atoms in total. The Bertz CT molecular complexity index is 453. The maximum absolute atomic E-state index is 10.9. The number of carboxylic acids is 1. The van der Waals surface area contributed by atoms with Crippen molar-refractivity contribution in [3.8, 4) is 11.5 Å². The number of piperidine rings is 1. The lowest BCUT2D eigenvalue weighted by atomic mass is 9.90. The molecule has 1 aromatic carbocycles. The van der Waals surface area contributed by atoms with Gasteiger partial charge in [-0.1, -0.05) is 0 Å². The van der Waals surface area contributed by atoms with Crippen LogP contribution in [0.15, 0.2) is 12.1 Å². The molecule has 18 heavy (non-hydrogen) atoms. The van der Waals surface area contributed by atoms with Gasteiger partial charge in [-0.3, -0.25) is 0 Å². The lowest BCUT2D eigenvalue weighted by molar-refractivity contribution is 0.0693. The van der Waals surface area contributed by atoms with Gasteiger partial charge in [-0.15, -0.1) is 0 Å². The molecule has 0 saturated carbocycles. The molecular formula is C13H17NO4. The third-order valence-electron chi connectivity index (χ3n) is 3.39. The number of aromatic carboxylic acids is 1. The van der Waals surface area contributed by atoms with Gasteiger partial charge < -0.3 is 20.6 Å². The Labute approximate surface area is 105 Å². The maximum atomic E-state index is 10.9. The Morgan fingerprint density at radius 1 is 1.22 bits per heavy atom. The maximum Gasteiger partial charge on any atom is 0.339 e. The van der Waals surface area contributed by atoms with E-state index in [1.165, 1.54) is 6.07 Å². The van der Waals surface area contributed by atoms with Crippen LogP contribution in [0.4, 0.5) is 0 Å². The van der Waals surface area contributed by atoms with E-state index < -0.39 is 11.7 Å². The molecular weight excluding hydrogens is 234 g/mol. The molecule has 2 rings (SSSR count). The van der Waals surface area contributed by atoms with Crippen molar-refractivity contribution in [2.24, 2.45) is 5.92 Å². The van der Waals surface area contributed by atoms with E-state index in [-0.39, 0.29) is 11.3 Å². The highest BCUT2D eigenvalue weighted by molar-refractivity contribution is 5.91. The molecule has 0 bridgehead atoms. The second-order valence-corrected chi connectivity index (χ2v) is 4.70. The average Bonchev–Trinajstić information content (AvgIpc) is 2.33. The largest absolute Gasteiger partial charge is 0.508 e. The summed E-state index contributed by atoms with van der Waals surface area (Å²) in [6, 6.07) is 2.48. The highest BCUT2D eigenvalue weighted by Crippen LogP contribution is 2.30. The summed E-state index contributed by atoms with van der Waals surface area (Å²) in [7, 11) is 0. The monoisotopic (exact) mass is 251 g/mol. The zero-order valence-electron chi connectivity index (χ0n) is 10.0. The second-order valence-electron chi connectivity index (χ2n) is 4.70. The van der Waals surface area contributed by atoms with E-state index >= 15 is 0 Å². The number of rotatable bonds is 3. The zero-order chi connectivity index (χ0) is 13.1. The Morgan fingerprint density at radius 3 is 2.50 bits per heavy atom. The van der Waals surface area contributed by atoms with Gasteiger partial charge in [0.05, 0.1) is 0 Å². The van der Waals surface area contributed by atoms with Gasteiger partial charge >= 0.3 is 5.97 Å².